The van der Waals surface area contributed by atoms with E-state index >= 15 is 0 Å². The maximum absolute atomic E-state index is 13.9. The number of piperazine rings is 3. The number of carbonyl (C=O) groups excluding carboxylic acids is 6. The van der Waals surface area contributed by atoms with Gasteiger partial charge in [0.1, 0.15) is 16.8 Å². The number of rotatable bonds is 18. The summed E-state index contributed by atoms with van der Waals surface area (Å²) in [6.07, 6.45) is 5.39. The van der Waals surface area contributed by atoms with E-state index in [2.05, 4.69) is 128 Å². The number of benzene rings is 6. The highest BCUT2D eigenvalue weighted by atomic mass is 32.2. The number of piperidine rings is 3. The fourth-order valence-corrected chi connectivity index (χ4v) is 23.2. The van der Waals surface area contributed by atoms with Gasteiger partial charge in [-0.05, 0) is 267 Å². The first-order chi connectivity index (χ1) is 63.8. The maximum Gasteiger partial charge on any atom is 0.410 e. The average molecular weight is 1960 g/mol. The van der Waals surface area contributed by atoms with E-state index in [-0.39, 0.29) is 106 Å². The smallest absolute Gasteiger partial charge is 0.410 e. The third-order valence-electron chi connectivity index (χ3n) is 27.8. The Morgan fingerprint density at radius 1 is 0.268 bits per heavy atom. The van der Waals surface area contributed by atoms with Crippen molar-refractivity contribution in [2.24, 2.45) is 34.0 Å². The van der Waals surface area contributed by atoms with Gasteiger partial charge >= 0.3 is 18.3 Å². The van der Waals surface area contributed by atoms with Crippen LogP contribution in [-0.2, 0) is 58.1 Å². The number of hydrogen-bond acceptors (Lipinski definition) is 18. The summed E-state index contributed by atoms with van der Waals surface area (Å²) in [6, 6.07) is 52.9. The van der Waals surface area contributed by atoms with Crippen LogP contribution in [0.2, 0.25) is 0 Å². The summed E-state index contributed by atoms with van der Waals surface area (Å²) in [4.78, 5) is 99.2. The molecule has 6 saturated heterocycles. The fourth-order valence-electron chi connectivity index (χ4n) is 19.6. The second kappa shape index (κ2) is 44.4. The molecule has 0 N–H and O–H groups in total. The first-order valence-corrected chi connectivity index (χ1v) is 54.5. The molecule has 6 fully saturated rings. The number of likely N-dealkylation sites (tertiary alicyclic amines) is 3. The summed E-state index contributed by atoms with van der Waals surface area (Å²) >= 11 is 0. The van der Waals surface area contributed by atoms with E-state index in [1.165, 1.54) is 0 Å². The van der Waals surface area contributed by atoms with Gasteiger partial charge in [-0.1, -0.05) is 190 Å². The van der Waals surface area contributed by atoms with Crippen molar-refractivity contribution >= 4 is 65.5 Å². The minimum absolute atomic E-state index is 0.00218. The van der Waals surface area contributed by atoms with E-state index in [1.807, 2.05) is 153 Å². The van der Waals surface area contributed by atoms with Crippen molar-refractivity contribution in [1.29, 1.82) is 0 Å². The summed E-state index contributed by atoms with van der Waals surface area (Å²) in [5, 5.41) is 0. The molecule has 6 heterocycles. The first kappa shape index (κ1) is 111. The summed E-state index contributed by atoms with van der Waals surface area (Å²) < 4.78 is 92.8. The minimum atomic E-state index is -3.46. The third-order valence-corrected chi connectivity index (χ3v) is 35.3. The van der Waals surface area contributed by atoms with Crippen LogP contribution in [0.4, 0.5) is 14.4 Å². The third kappa shape index (κ3) is 29.1. The van der Waals surface area contributed by atoms with Gasteiger partial charge in [-0.25, -0.2) is 39.6 Å². The molecule has 6 amide bonds. The lowest BCUT2D eigenvalue weighted by Gasteiger charge is -2.50. The summed E-state index contributed by atoms with van der Waals surface area (Å²) in [6.45, 7) is 61.9. The Labute approximate surface area is 828 Å². The molecular formula is C111H165N9O15S3. The lowest BCUT2D eigenvalue weighted by atomic mass is 9.82. The quantitative estimate of drug-likeness (QED) is 0.0724. The molecule has 0 bridgehead atoms. The molecule has 3 unspecified atom stereocenters. The van der Waals surface area contributed by atoms with E-state index in [0.717, 1.165) is 71.9 Å². The van der Waals surface area contributed by atoms with Crippen LogP contribution >= 0.6 is 0 Å². The van der Waals surface area contributed by atoms with Crippen molar-refractivity contribution < 1.29 is 68.2 Å². The van der Waals surface area contributed by atoms with Crippen LogP contribution in [0.3, 0.4) is 0 Å². The Hall–Kier alpha value is -8.73. The molecule has 0 spiro atoms. The molecular weight excluding hydrogens is 1800 g/mol. The van der Waals surface area contributed by atoms with Crippen molar-refractivity contribution in [2.75, 3.05) is 98.2 Å². The fraction of sp³-hybridized carbons (Fsp3) is 0.622. The molecule has 6 aliphatic rings. The van der Waals surface area contributed by atoms with Crippen LogP contribution in [0, 0.1) is 34.0 Å². The molecule has 0 radical (unpaired) electrons. The van der Waals surface area contributed by atoms with Gasteiger partial charge in [0, 0.05) is 136 Å². The van der Waals surface area contributed by atoms with Gasteiger partial charge in [-0.2, -0.15) is 0 Å². The largest absolute Gasteiger partial charge is 0.444 e. The van der Waals surface area contributed by atoms with Crippen LogP contribution in [0.15, 0.2) is 178 Å². The molecule has 6 aliphatic heterocycles. The molecule has 6 aromatic rings. The van der Waals surface area contributed by atoms with Gasteiger partial charge in [-0.3, -0.25) is 29.1 Å². The maximum atomic E-state index is 13.9. The minimum Gasteiger partial charge on any atom is -0.444 e. The number of ether oxygens (including phenoxy) is 3. The van der Waals surface area contributed by atoms with Gasteiger partial charge in [0.25, 0.3) is 0 Å². The number of nitrogens with zero attached hydrogens (tertiary/aromatic N) is 9. The molecule has 0 aliphatic carbocycles. The van der Waals surface area contributed by atoms with Gasteiger partial charge in [0.15, 0.2) is 29.5 Å². The predicted molar refractivity (Wildman–Crippen MR) is 550 cm³/mol. The second-order valence-electron chi connectivity index (χ2n) is 48.2. The number of carbonyl (C=O) groups is 6. The molecule has 27 heteroatoms. The standard InChI is InChI=1S/3C37H55N3O5S/c3*1-35(2,3)31-26-39(23-24-40(31)32(41)25-27-19-21-38(22-20-27)34(42)45-36(4,5)6)33(28-13-11-10-12-14-28)29-15-17-30(18-16-29)46(43,44)37(7,8)9/h3*10-18,27,31,33H,19-26H2,1-9H3/t3*31-,33?/m111/s1. The van der Waals surface area contributed by atoms with Crippen LogP contribution in [0.1, 0.15) is 296 Å². The normalized spacial score (nSPS) is 20.0. The Morgan fingerprint density at radius 3 is 0.630 bits per heavy atom. The highest BCUT2D eigenvalue weighted by Crippen LogP contribution is 2.43. The SMILES string of the molecule is CC(C)(C)OC(=O)N1CCC(CC(=O)N2CCN(C(c3ccccc3)c3ccc(S(=O)(=O)C(C)(C)C)cc3)C[C@@H]2C(C)(C)C)CC1.CC(C)(C)OC(=O)N1CCC(CC(=O)N2CCN(C(c3ccccc3)c3ccc(S(=O)(=O)C(C)(C)C)cc3)C[C@@H]2C(C)(C)C)CC1.CC(C)(C)OC(=O)N1CCC(CC(=O)N2CCN(C(c3ccccc3)c3ccc(S(=O)(=O)C(C)(C)C)cc3)C[C@@H]2C(C)(C)C)CC1. The van der Waals surface area contributed by atoms with Gasteiger partial charge < -0.3 is 43.6 Å². The first-order valence-electron chi connectivity index (χ1n) is 50.1. The molecule has 762 valence electrons. The lowest BCUT2D eigenvalue weighted by Crippen LogP contribution is -2.60. The summed E-state index contributed by atoms with van der Waals surface area (Å²) in [7, 11) is -10.4. The predicted octanol–water partition coefficient (Wildman–Crippen LogP) is 20.8. The molecule has 12 rings (SSSR count). The zero-order chi connectivity index (χ0) is 102. The summed E-state index contributed by atoms with van der Waals surface area (Å²) in [5.41, 5.74) is 4.47. The molecule has 6 aromatic carbocycles. The van der Waals surface area contributed by atoms with Crippen LogP contribution in [0.25, 0.3) is 0 Å². The van der Waals surface area contributed by atoms with Crippen LogP contribution in [0.5, 0.6) is 0 Å². The Balaban J connectivity index is 0.000000214. The zero-order valence-corrected chi connectivity index (χ0v) is 90.6. The van der Waals surface area contributed by atoms with E-state index in [0.29, 0.717) is 132 Å². The lowest BCUT2D eigenvalue weighted by molar-refractivity contribution is -0.142. The highest BCUT2D eigenvalue weighted by molar-refractivity contribution is 7.93. The zero-order valence-electron chi connectivity index (χ0n) is 88.1. The Kier molecular flexibility index (Phi) is 35.8. The van der Waals surface area contributed by atoms with Crippen LogP contribution in [-0.4, -0.2) is 253 Å². The number of amides is 6. The van der Waals surface area contributed by atoms with Gasteiger partial charge in [0.05, 0.1) is 47.1 Å². The topological polar surface area (TPSA) is 262 Å². The van der Waals surface area contributed by atoms with Crippen molar-refractivity contribution in [3.05, 3.63) is 197 Å². The number of hydrogen-bond donors (Lipinski definition) is 0. The van der Waals surface area contributed by atoms with Crippen molar-refractivity contribution in [2.45, 2.75) is 327 Å². The van der Waals surface area contributed by atoms with E-state index in [1.54, 1.807) is 113 Å². The van der Waals surface area contributed by atoms with Crippen LogP contribution < -0.4 is 0 Å². The molecule has 0 saturated carbocycles. The van der Waals surface area contributed by atoms with E-state index in [9.17, 15) is 54.0 Å². The van der Waals surface area contributed by atoms with Gasteiger partial charge in [-0.15, -0.1) is 0 Å². The van der Waals surface area contributed by atoms with Crippen molar-refractivity contribution in [3.63, 3.8) is 0 Å². The number of sulfone groups is 3. The van der Waals surface area contributed by atoms with Gasteiger partial charge in [0.2, 0.25) is 17.7 Å². The van der Waals surface area contributed by atoms with E-state index < -0.39 is 60.6 Å². The molecule has 0 aromatic heterocycles. The molecule has 6 atom stereocenters. The Morgan fingerprint density at radius 2 is 0.457 bits per heavy atom. The average Bonchev–Trinajstić information content (AvgIpc) is 0.775. The monoisotopic (exact) mass is 1960 g/mol. The Bertz CT molecular complexity index is 4870. The van der Waals surface area contributed by atoms with Crippen molar-refractivity contribution in [3.8, 4) is 0 Å². The van der Waals surface area contributed by atoms with Crippen molar-refractivity contribution in [1.82, 2.24) is 44.1 Å². The van der Waals surface area contributed by atoms with E-state index in [4.69, 9.17) is 14.2 Å². The second-order valence-corrected chi connectivity index (χ2v) is 56.3. The molecule has 24 nitrogen and oxygen atoms in total. The highest BCUT2D eigenvalue weighted by Gasteiger charge is 2.47. The summed E-state index contributed by atoms with van der Waals surface area (Å²) in [5.74, 6) is 1.27. The molecule has 138 heavy (non-hydrogen) atoms.